The molecular formula is C17H14FNO2S. The number of halogens is 1. The maximum Gasteiger partial charge on any atom is 0.226 e. The third kappa shape index (κ3) is 3.49. The van der Waals surface area contributed by atoms with Gasteiger partial charge in [-0.15, -0.1) is 0 Å². The molecule has 0 aliphatic carbocycles. The highest BCUT2D eigenvalue weighted by Gasteiger charge is 2.11. The lowest BCUT2D eigenvalue weighted by Crippen LogP contribution is -2.01. The topological polar surface area (TPSA) is 43.1 Å². The molecule has 0 aliphatic rings. The Morgan fingerprint density at radius 2 is 1.73 bits per heavy atom. The summed E-state index contributed by atoms with van der Waals surface area (Å²) >= 11 is 0. The molecule has 1 aromatic heterocycles. The van der Waals surface area contributed by atoms with Gasteiger partial charge in [0.05, 0.1) is 17.2 Å². The van der Waals surface area contributed by atoms with Gasteiger partial charge in [-0.3, -0.25) is 4.21 Å². The van der Waals surface area contributed by atoms with Crippen LogP contribution in [-0.4, -0.2) is 9.19 Å². The van der Waals surface area contributed by atoms with Crippen molar-refractivity contribution in [2.45, 2.75) is 11.5 Å². The van der Waals surface area contributed by atoms with Crippen molar-refractivity contribution in [3.63, 3.8) is 0 Å². The lowest BCUT2D eigenvalue weighted by molar-refractivity contribution is 0.573. The van der Waals surface area contributed by atoms with Crippen LogP contribution in [0.1, 0.15) is 11.3 Å². The van der Waals surface area contributed by atoms with Gasteiger partial charge < -0.3 is 4.42 Å². The Balaban J connectivity index is 1.68. The maximum atomic E-state index is 13.5. The molecule has 0 fully saturated rings. The van der Waals surface area contributed by atoms with Crippen molar-refractivity contribution in [3.05, 3.63) is 77.9 Å². The molecule has 3 aromatic rings. The van der Waals surface area contributed by atoms with Crippen molar-refractivity contribution in [2.24, 2.45) is 0 Å². The van der Waals surface area contributed by atoms with Crippen LogP contribution in [-0.2, 0) is 22.3 Å². The van der Waals surface area contributed by atoms with Crippen LogP contribution >= 0.6 is 0 Å². The molecule has 0 saturated carbocycles. The predicted octanol–water partition coefficient (Wildman–Crippen LogP) is 3.93. The first kappa shape index (κ1) is 14.7. The van der Waals surface area contributed by atoms with E-state index in [-0.39, 0.29) is 17.3 Å². The van der Waals surface area contributed by atoms with Crippen LogP contribution in [0.5, 0.6) is 0 Å². The van der Waals surface area contributed by atoms with Crippen molar-refractivity contribution >= 4 is 10.8 Å². The zero-order valence-corrected chi connectivity index (χ0v) is 12.6. The fourth-order valence-corrected chi connectivity index (χ4v) is 3.24. The van der Waals surface area contributed by atoms with E-state index in [2.05, 4.69) is 4.98 Å². The monoisotopic (exact) mass is 315 g/mol. The number of aromatic nitrogens is 1. The third-order valence-corrected chi connectivity index (χ3v) is 4.41. The molecule has 1 heterocycles. The highest BCUT2D eigenvalue weighted by atomic mass is 32.2. The first-order chi connectivity index (χ1) is 10.7. The summed E-state index contributed by atoms with van der Waals surface area (Å²) in [5.41, 5.74) is 1.93. The predicted molar refractivity (Wildman–Crippen MR) is 83.9 cm³/mol. The Labute approximate surface area is 130 Å². The van der Waals surface area contributed by atoms with Gasteiger partial charge in [-0.05, 0) is 18.2 Å². The molecule has 3 rings (SSSR count). The molecule has 5 heteroatoms. The number of nitrogens with zero attached hydrogens (tertiary/aromatic N) is 1. The van der Waals surface area contributed by atoms with Crippen molar-refractivity contribution in [3.8, 4) is 11.5 Å². The zero-order valence-electron chi connectivity index (χ0n) is 11.7. The van der Waals surface area contributed by atoms with Gasteiger partial charge in [-0.25, -0.2) is 9.37 Å². The molecule has 2 aromatic carbocycles. The summed E-state index contributed by atoms with van der Waals surface area (Å²) in [6.07, 6.45) is 1.50. The van der Waals surface area contributed by atoms with Crippen LogP contribution in [0.15, 0.2) is 65.3 Å². The molecule has 0 bridgehead atoms. The fourth-order valence-electron chi connectivity index (χ4n) is 2.09. The lowest BCUT2D eigenvalue weighted by atomic mass is 10.2. The lowest BCUT2D eigenvalue weighted by Gasteiger charge is -2.01. The van der Waals surface area contributed by atoms with E-state index < -0.39 is 10.8 Å². The number of hydrogen-bond acceptors (Lipinski definition) is 3. The SMILES string of the molecule is O=S(Cc1coc(-c2ccccc2)n1)Cc1ccccc1F. The summed E-state index contributed by atoms with van der Waals surface area (Å²) in [6, 6.07) is 15.9. The molecule has 0 N–H and O–H groups in total. The number of oxazole rings is 1. The van der Waals surface area contributed by atoms with Crippen LogP contribution in [0.2, 0.25) is 0 Å². The average molecular weight is 315 g/mol. The van der Waals surface area contributed by atoms with Gasteiger partial charge in [0, 0.05) is 21.9 Å². The largest absolute Gasteiger partial charge is 0.444 e. The molecule has 0 radical (unpaired) electrons. The third-order valence-electron chi connectivity index (χ3n) is 3.16. The minimum atomic E-state index is -1.24. The Bertz CT molecular complexity index is 786. The average Bonchev–Trinajstić information content (AvgIpc) is 2.99. The van der Waals surface area contributed by atoms with Crippen molar-refractivity contribution < 1.29 is 13.0 Å². The minimum absolute atomic E-state index is 0.167. The summed E-state index contributed by atoms with van der Waals surface area (Å²) < 4.78 is 31.1. The molecular weight excluding hydrogens is 301 g/mol. The van der Waals surface area contributed by atoms with Crippen molar-refractivity contribution in [1.82, 2.24) is 4.98 Å². The molecule has 1 atom stereocenters. The first-order valence-electron chi connectivity index (χ1n) is 6.80. The van der Waals surface area contributed by atoms with E-state index in [1.807, 2.05) is 30.3 Å². The van der Waals surface area contributed by atoms with Crippen LogP contribution in [0, 0.1) is 5.82 Å². The fraction of sp³-hybridized carbons (Fsp3) is 0.118. The van der Waals surface area contributed by atoms with Crippen LogP contribution < -0.4 is 0 Å². The number of benzene rings is 2. The molecule has 112 valence electrons. The van der Waals surface area contributed by atoms with E-state index in [0.717, 1.165) is 5.56 Å². The smallest absolute Gasteiger partial charge is 0.226 e. The Morgan fingerprint density at radius 3 is 2.50 bits per heavy atom. The van der Waals surface area contributed by atoms with E-state index in [0.29, 0.717) is 17.1 Å². The first-order valence-corrected chi connectivity index (χ1v) is 8.29. The van der Waals surface area contributed by atoms with Crippen LogP contribution in [0.3, 0.4) is 0 Å². The number of hydrogen-bond donors (Lipinski definition) is 0. The second-order valence-electron chi connectivity index (χ2n) is 4.83. The molecule has 0 spiro atoms. The Hall–Kier alpha value is -2.27. The normalized spacial score (nSPS) is 12.2. The Kier molecular flexibility index (Phi) is 4.44. The summed E-state index contributed by atoms with van der Waals surface area (Å²) in [5, 5.41) is 0. The van der Waals surface area contributed by atoms with Gasteiger partial charge >= 0.3 is 0 Å². The summed E-state index contributed by atoms with van der Waals surface area (Å²) in [4.78, 5) is 4.33. The van der Waals surface area contributed by atoms with E-state index in [4.69, 9.17) is 4.42 Å². The summed E-state index contributed by atoms with van der Waals surface area (Å²) in [5.74, 6) is 0.574. The second-order valence-corrected chi connectivity index (χ2v) is 6.29. The van der Waals surface area contributed by atoms with Gasteiger partial charge in [0.25, 0.3) is 0 Å². The van der Waals surface area contributed by atoms with E-state index in [9.17, 15) is 8.60 Å². The summed E-state index contributed by atoms with van der Waals surface area (Å²) in [7, 11) is -1.24. The number of rotatable bonds is 5. The van der Waals surface area contributed by atoms with Gasteiger partial charge in [0.1, 0.15) is 12.1 Å². The molecule has 22 heavy (non-hydrogen) atoms. The van der Waals surface area contributed by atoms with Crippen molar-refractivity contribution in [1.29, 1.82) is 0 Å². The van der Waals surface area contributed by atoms with E-state index in [1.54, 1.807) is 18.2 Å². The van der Waals surface area contributed by atoms with Gasteiger partial charge in [-0.2, -0.15) is 0 Å². The molecule has 1 unspecified atom stereocenters. The van der Waals surface area contributed by atoms with E-state index >= 15 is 0 Å². The van der Waals surface area contributed by atoms with Crippen molar-refractivity contribution in [2.75, 3.05) is 0 Å². The molecule has 0 aliphatic heterocycles. The minimum Gasteiger partial charge on any atom is -0.444 e. The van der Waals surface area contributed by atoms with Gasteiger partial charge in [0.15, 0.2) is 0 Å². The zero-order chi connectivity index (χ0) is 15.4. The second kappa shape index (κ2) is 6.66. The van der Waals surface area contributed by atoms with E-state index in [1.165, 1.54) is 12.3 Å². The Morgan fingerprint density at radius 1 is 1.00 bits per heavy atom. The van der Waals surface area contributed by atoms with Crippen LogP contribution in [0.4, 0.5) is 4.39 Å². The highest BCUT2D eigenvalue weighted by molar-refractivity contribution is 7.83. The molecule has 0 amide bonds. The standard InChI is InChI=1S/C17H14FNO2S/c18-16-9-5-4-8-14(16)11-22(20)12-15-10-21-17(19-15)13-6-2-1-3-7-13/h1-10H,11-12H2. The van der Waals surface area contributed by atoms with Crippen LogP contribution in [0.25, 0.3) is 11.5 Å². The quantitative estimate of drug-likeness (QED) is 0.716. The molecule has 0 saturated heterocycles. The summed E-state index contributed by atoms with van der Waals surface area (Å²) in [6.45, 7) is 0. The van der Waals surface area contributed by atoms with Gasteiger partial charge in [0.2, 0.25) is 5.89 Å². The highest BCUT2D eigenvalue weighted by Crippen LogP contribution is 2.19. The van der Waals surface area contributed by atoms with Gasteiger partial charge in [-0.1, -0.05) is 36.4 Å². The molecule has 3 nitrogen and oxygen atoms in total. The maximum absolute atomic E-state index is 13.5.